The third-order valence-corrected chi connectivity index (χ3v) is 5.10. The van der Waals surface area contributed by atoms with E-state index in [9.17, 15) is 4.79 Å². The second kappa shape index (κ2) is 12.2. The van der Waals surface area contributed by atoms with Crippen LogP contribution in [0.1, 0.15) is 33.1 Å². The number of hydrogen-bond acceptors (Lipinski definition) is 5. The van der Waals surface area contributed by atoms with Gasteiger partial charge in [-0.15, -0.1) is 24.0 Å². The molecule has 0 spiro atoms. The zero-order valence-electron chi connectivity index (χ0n) is 18.1. The highest BCUT2D eigenvalue weighted by molar-refractivity contribution is 14.0. The minimum absolute atomic E-state index is 0. The molecule has 2 aromatic rings. The molecule has 3 rings (SSSR count). The number of aliphatic imine (C=N–C) groups is 1. The number of carbonyl (C=O) groups excluding carboxylic acids is 1. The predicted octanol–water partition coefficient (Wildman–Crippen LogP) is 3.36. The Labute approximate surface area is 205 Å². The molecule has 8 nitrogen and oxygen atoms in total. The van der Waals surface area contributed by atoms with Crippen LogP contribution in [-0.2, 0) is 11.2 Å². The van der Waals surface area contributed by atoms with Crippen LogP contribution in [-0.4, -0.2) is 59.1 Å². The topological polar surface area (TPSA) is 95.7 Å². The van der Waals surface area contributed by atoms with E-state index in [0.717, 1.165) is 31.0 Å². The van der Waals surface area contributed by atoms with Crippen LogP contribution < -0.4 is 10.6 Å². The lowest BCUT2D eigenvalue weighted by Gasteiger charge is -2.20. The van der Waals surface area contributed by atoms with Gasteiger partial charge in [0.25, 0.3) is 0 Å². The number of nitrogens with zero attached hydrogens (tertiary/aromatic N) is 4. The lowest BCUT2D eigenvalue weighted by Crippen LogP contribution is -2.45. The van der Waals surface area contributed by atoms with Crippen LogP contribution in [0.15, 0.2) is 33.8 Å². The van der Waals surface area contributed by atoms with E-state index < -0.39 is 0 Å². The maximum Gasteiger partial charge on any atom is 0.228 e. The Morgan fingerprint density at radius 1 is 1.35 bits per heavy atom. The first kappa shape index (κ1) is 25.4. The molecule has 2 heterocycles. The Hall–Kier alpha value is -1.88. The van der Waals surface area contributed by atoms with Gasteiger partial charge >= 0.3 is 0 Å². The van der Waals surface area contributed by atoms with Crippen molar-refractivity contribution in [3.05, 3.63) is 35.2 Å². The number of carbonyl (C=O) groups is 1. The van der Waals surface area contributed by atoms with Crippen molar-refractivity contribution in [1.29, 1.82) is 0 Å². The third kappa shape index (κ3) is 7.34. The predicted molar refractivity (Wildman–Crippen MR) is 133 cm³/mol. The second-order valence-corrected chi connectivity index (χ2v) is 8.03. The number of hydrogen-bond donors (Lipinski definition) is 2. The molecule has 0 saturated carbocycles. The summed E-state index contributed by atoms with van der Waals surface area (Å²) in [5.41, 5.74) is 0.856. The van der Waals surface area contributed by atoms with Gasteiger partial charge in [-0.2, -0.15) is 4.98 Å². The summed E-state index contributed by atoms with van der Waals surface area (Å²) in [6, 6.07) is 7.51. The van der Waals surface area contributed by atoms with Gasteiger partial charge in [-0.3, -0.25) is 9.79 Å². The molecule has 1 unspecified atom stereocenters. The summed E-state index contributed by atoms with van der Waals surface area (Å²) in [5.74, 6) is 2.04. The van der Waals surface area contributed by atoms with Crippen LogP contribution in [0.4, 0.5) is 0 Å². The first-order valence-corrected chi connectivity index (χ1v) is 10.8. The zero-order valence-corrected chi connectivity index (χ0v) is 21.2. The summed E-state index contributed by atoms with van der Waals surface area (Å²) in [6.07, 6.45) is 1.46. The number of guanidine groups is 1. The van der Waals surface area contributed by atoms with E-state index in [4.69, 9.17) is 16.1 Å². The van der Waals surface area contributed by atoms with Crippen molar-refractivity contribution in [3.63, 3.8) is 0 Å². The molecular weight excluding hydrogens is 531 g/mol. The summed E-state index contributed by atoms with van der Waals surface area (Å²) >= 11 is 5.92. The van der Waals surface area contributed by atoms with Crippen molar-refractivity contribution in [1.82, 2.24) is 25.7 Å². The molecule has 1 fully saturated rings. The van der Waals surface area contributed by atoms with Crippen molar-refractivity contribution >= 4 is 47.4 Å². The second-order valence-electron chi connectivity index (χ2n) is 7.60. The highest BCUT2D eigenvalue weighted by Gasteiger charge is 2.27. The molecule has 1 aromatic heterocycles. The summed E-state index contributed by atoms with van der Waals surface area (Å²) in [4.78, 5) is 23.1. The van der Waals surface area contributed by atoms with Gasteiger partial charge in [0, 0.05) is 48.6 Å². The minimum atomic E-state index is 0. The molecule has 31 heavy (non-hydrogen) atoms. The minimum Gasteiger partial charge on any atom is -0.357 e. The van der Waals surface area contributed by atoms with Crippen molar-refractivity contribution in [3.8, 4) is 11.4 Å². The fraction of sp³-hybridized carbons (Fsp3) is 0.524. The molecule has 10 heteroatoms. The van der Waals surface area contributed by atoms with E-state index in [1.807, 2.05) is 37.8 Å². The van der Waals surface area contributed by atoms with Crippen LogP contribution in [0.25, 0.3) is 11.4 Å². The van der Waals surface area contributed by atoms with Gasteiger partial charge in [0.2, 0.25) is 17.6 Å². The largest absolute Gasteiger partial charge is 0.357 e. The monoisotopic (exact) mass is 560 g/mol. The van der Waals surface area contributed by atoms with Crippen LogP contribution in [0, 0.1) is 5.92 Å². The molecule has 2 N–H and O–H groups in total. The highest BCUT2D eigenvalue weighted by Crippen LogP contribution is 2.18. The Morgan fingerprint density at radius 3 is 2.77 bits per heavy atom. The average Bonchev–Trinajstić information content (AvgIpc) is 3.38. The van der Waals surface area contributed by atoms with Gasteiger partial charge < -0.3 is 20.1 Å². The molecule has 170 valence electrons. The maximum absolute atomic E-state index is 12.2. The first-order chi connectivity index (χ1) is 14.5. The lowest BCUT2D eigenvalue weighted by molar-refractivity contribution is -0.133. The number of amides is 1. The number of rotatable bonds is 7. The van der Waals surface area contributed by atoms with E-state index in [2.05, 4.69) is 25.8 Å². The maximum atomic E-state index is 12.2. The van der Waals surface area contributed by atoms with Crippen molar-refractivity contribution in [2.45, 2.75) is 39.7 Å². The van der Waals surface area contributed by atoms with Gasteiger partial charge in [0.1, 0.15) is 0 Å². The standard InChI is InChI=1S/C21H29ClN6O2.HI/c1-4-23-21(25-17-10-12-28(13-17)20(29)14(2)3)24-11-9-18-26-19(27-30-18)15-5-7-16(22)8-6-15;/h5-8,14,17H,4,9-13H2,1-3H3,(H2,23,24,25);1H. The zero-order chi connectivity index (χ0) is 21.5. The molecule has 0 radical (unpaired) electrons. The normalized spacial score (nSPS) is 16.4. The van der Waals surface area contributed by atoms with Gasteiger partial charge in [-0.05, 0) is 37.6 Å². The van der Waals surface area contributed by atoms with Gasteiger partial charge in [0.15, 0.2) is 5.96 Å². The molecule has 0 aliphatic carbocycles. The van der Waals surface area contributed by atoms with Crippen molar-refractivity contribution in [2.75, 3.05) is 26.2 Å². The smallest absolute Gasteiger partial charge is 0.228 e. The quantitative estimate of drug-likeness (QED) is 0.306. The third-order valence-electron chi connectivity index (χ3n) is 4.84. The van der Waals surface area contributed by atoms with Gasteiger partial charge in [0.05, 0.1) is 6.54 Å². The van der Waals surface area contributed by atoms with Crippen molar-refractivity contribution in [2.24, 2.45) is 10.9 Å². The molecule has 1 aliphatic rings. The lowest BCUT2D eigenvalue weighted by atomic mass is 10.2. The van der Waals surface area contributed by atoms with E-state index in [1.54, 1.807) is 12.1 Å². The fourth-order valence-electron chi connectivity index (χ4n) is 3.29. The molecular formula is C21H30ClIN6O2. The Bertz CT molecular complexity index is 871. The highest BCUT2D eigenvalue weighted by atomic mass is 127. The Kier molecular flexibility index (Phi) is 10.0. The number of nitrogens with one attached hydrogen (secondary N) is 2. The molecule has 1 aliphatic heterocycles. The summed E-state index contributed by atoms with van der Waals surface area (Å²) < 4.78 is 5.34. The number of likely N-dealkylation sites (tertiary alicyclic amines) is 1. The van der Waals surface area contributed by atoms with Crippen molar-refractivity contribution < 1.29 is 9.32 Å². The molecule has 1 atom stereocenters. The van der Waals surface area contributed by atoms with Crippen LogP contribution in [0.2, 0.25) is 5.02 Å². The fourth-order valence-corrected chi connectivity index (χ4v) is 3.42. The van der Waals surface area contributed by atoms with Crippen LogP contribution >= 0.6 is 35.6 Å². The van der Waals surface area contributed by atoms with Crippen LogP contribution in [0.3, 0.4) is 0 Å². The molecule has 0 bridgehead atoms. The number of benzene rings is 1. The Morgan fingerprint density at radius 2 is 2.10 bits per heavy atom. The number of halogens is 2. The average molecular weight is 561 g/mol. The Balaban J connectivity index is 0.00000341. The molecule has 1 amide bonds. The van der Waals surface area contributed by atoms with Gasteiger partial charge in [-0.1, -0.05) is 30.6 Å². The summed E-state index contributed by atoms with van der Waals surface area (Å²) in [5, 5.41) is 11.4. The summed E-state index contributed by atoms with van der Waals surface area (Å²) in [7, 11) is 0. The van der Waals surface area contributed by atoms with E-state index in [0.29, 0.717) is 36.2 Å². The first-order valence-electron chi connectivity index (χ1n) is 10.4. The molecule has 1 saturated heterocycles. The summed E-state index contributed by atoms with van der Waals surface area (Å²) in [6.45, 7) is 8.65. The van der Waals surface area contributed by atoms with E-state index in [1.165, 1.54) is 0 Å². The van der Waals surface area contributed by atoms with E-state index >= 15 is 0 Å². The SMILES string of the molecule is CCNC(=NCCc1nc(-c2ccc(Cl)cc2)no1)NC1CCN(C(=O)C(C)C)C1.I. The van der Waals surface area contributed by atoms with Crippen LogP contribution in [0.5, 0.6) is 0 Å². The molecule has 1 aromatic carbocycles. The number of aromatic nitrogens is 2. The van der Waals surface area contributed by atoms with Gasteiger partial charge in [-0.25, -0.2) is 0 Å². The van der Waals surface area contributed by atoms with E-state index in [-0.39, 0.29) is 41.8 Å².